The fraction of sp³-hybridized carbons (Fsp3) is 0.0667. The first kappa shape index (κ1) is 48.0. The molecule has 0 unspecified atom stereocenters. The lowest BCUT2D eigenvalue weighted by Gasteiger charge is -2.27. The van der Waals surface area contributed by atoms with Crippen LogP contribution in [0, 0.1) is 22.7 Å². The number of rotatable bonds is 4. The topological polar surface area (TPSA) is 67.3 Å². The van der Waals surface area contributed by atoms with Crippen molar-refractivity contribution in [2.45, 2.75) is 24.7 Å². The van der Waals surface area contributed by atoms with Gasteiger partial charge < -0.3 is 18.3 Å². The molecule has 4 heterocycles. The Morgan fingerprint density at radius 3 is 0.718 bits per heavy atom. The van der Waals surface area contributed by atoms with Crippen molar-refractivity contribution in [3.63, 3.8) is 0 Å². The minimum atomic E-state index is -5.05. The molecule has 0 radical (unpaired) electrons. The average molecular weight is 1060 g/mol. The van der Waals surface area contributed by atoms with E-state index < -0.39 is 74.8 Å². The summed E-state index contributed by atoms with van der Waals surface area (Å²) >= 11 is 0. The molecule has 78 heavy (non-hydrogen) atoms. The van der Waals surface area contributed by atoms with Gasteiger partial charge in [-0.2, -0.15) is 63.2 Å². The number of benzene rings is 9. The van der Waals surface area contributed by atoms with Gasteiger partial charge in [-0.3, -0.25) is 0 Å². The molecule has 0 atom stereocenters. The van der Waals surface area contributed by atoms with Crippen molar-refractivity contribution in [3.05, 3.63) is 203 Å². The Kier molecular flexibility index (Phi) is 10.1. The number of nitriles is 2. The van der Waals surface area contributed by atoms with E-state index in [0.29, 0.717) is 55.7 Å². The molecule has 0 amide bonds. The Morgan fingerprint density at radius 1 is 0.256 bits per heavy atom. The molecule has 0 aliphatic heterocycles. The second kappa shape index (κ2) is 16.4. The van der Waals surface area contributed by atoms with Crippen molar-refractivity contribution >= 4 is 87.2 Å². The minimum absolute atomic E-state index is 0.0101. The molecule has 0 aliphatic carbocycles. The zero-order valence-corrected chi connectivity index (χ0v) is 39.4. The van der Waals surface area contributed by atoms with Gasteiger partial charge in [-0.25, -0.2) is 0 Å². The highest BCUT2D eigenvalue weighted by Crippen LogP contribution is 2.51. The number of alkyl halides is 12. The van der Waals surface area contributed by atoms with Crippen molar-refractivity contribution in [3.8, 4) is 34.9 Å². The zero-order valence-electron chi connectivity index (χ0n) is 39.4. The quantitative estimate of drug-likeness (QED) is 0.165. The molecule has 0 N–H and O–H groups in total. The monoisotopic (exact) mass is 1060 g/mol. The van der Waals surface area contributed by atoms with E-state index >= 15 is 26.3 Å². The maximum Gasteiger partial charge on any atom is 0.416 e. The van der Waals surface area contributed by atoms with Gasteiger partial charge in [0.05, 0.1) is 89.1 Å². The third-order valence-electron chi connectivity index (χ3n) is 14.5. The molecule has 0 saturated carbocycles. The number of halogens is 12. The summed E-state index contributed by atoms with van der Waals surface area (Å²) in [6.45, 7) is 0. The highest BCUT2D eigenvalue weighted by Gasteiger charge is 2.39. The highest BCUT2D eigenvalue weighted by molar-refractivity contribution is 6.16. The van der Waals surface area contributed by atoms with Crippen LogP contribution < -0.4 is 0 Å². The summed E-state index contributed by atoms with van der Waals surface area (Å²) in [6.07, 6.45) is -20.2. The summed E-state index contributed by atoms with van der Waals surface area (Å²) in [5.41, 5.74) is -7.99. The first-order chi connectivity index (χ1) is 37.2. The van der Waals surface area contributed by atoms with E-state index in [1.165, 1.54) is 9.13 Å². The molecule has 13 rings (SSSR count). The van der Waals surface area contributed by atoms with Gasteiger partial charge in [-0.15, -0.1) is 0 Å². The SMILES string of the molecule is N#Cc1c(-n2c3cc(C(F)(F)F)ccc3c3ccc(C(F)(F)F)cc32)c(C#N)c(-n2c3ccccc3c3ccccc32)c(-n2c3cc(C(F)(F)F)ccc3c3ccc(C(F)(F)F)cc32)c1-n1c2ccccc2c2ccccc21. The molecule has 13 aromatic rings. The van der Waals surface area contributed by atoms with Crippen LogP contribution in [0.25, 0.3) is 110 Å². The lowest BCUT2D eigenvalue weighted by molar-refractivity contribution is -0.138. The van der Waals surface area contributed by atoms with E-state index in [4.69, 9.17) is 0 Å². The van der Waals surface area contributed by atoms with Crippen LogP contribution in [0.3, 0.4) is 0 Å². The summed E-state index contributed by atoms with van der Waals surface area (Å²) in [7, 11) is 0. The average Bonchev–Trinajstić information content (AvgIpc) is 4.16. The van der Waals surface area contributed by atoms with E-state index in [1.807, 2.05) is 0 Å². The standard InChI is InChI=1S/C60H28F12N6/c61-57(62,63)31-17-21-39-40-22-18-32(58(64,65)66)26-50(40)77(49(39)25-31)53-43(29-73)54(75-45-13-5-1-9-35(45)36-10-2-6-14-46(36)75)56(55(44(53)30-74)76-47-15-7-3-11-37(47)38-12-4-8-16-48(38)76)78-51-27-33(59(67,68)69)19-23-41(51)42-24-20-34(28-52(42)78)60(70,71)72/h1-28H. The van der Waals surface area contributed by atoms with Crippen molar-refractivity contribution in [1.29, 1.82) is 10.5 Å². The van der Waals surface area contributed by atoms with Crippen LogP contribution in [-0.2, 0) is 24.7 Å². The maximum absolute atomic E-state index is 15.1. The Hall–Kier alpha value is -9.68. The molecule has 6 nitrogen and oxygen atoms in total. The van der Waals surface area contributed by atoms with E-state index in [0.717, 1.165) is 69.8 Å². The summed E-state index contributed by atoms with van der Waals surface area (Å²) in [4.78, 5) is 0. The maximum atomic E-state index is 15.1. The van der Waals surface area contributed by atoms with Crippen LogP contribution in [0.2, 0.25) is 0 Å². The highest BCUT2D eigenvalue weighted by atomic mass is 19.4. The van der Waals surface area contributed by atoms with Gasteiger partial charge in [0.2, 0.25) is 0 Å². The van der Waals surface area contributed by atoms with Crippen molar-refractivity contribution in [2.75, 3.05) is 0 Å². The molecule has 9 aromatic carbocycles. The lowest BCUT2D eigenvalue weighted by Crippen LogP contribution is -2.17. The van der Waals surface area contributed by atoms with Crippen LogP contribution in [0.15, 0.2) is 170 Å². The molecular formula is C60H28F12N6. The second-order valence-corrected chi connectivity index (χ2v) is 18.7. The third-order valence-corrected chi connectivity index (χ3v) is 14.5. The van der Waals surface area contributed by atoms with Crippen LogP contribution >= 0.6 is 0 Å². The number of para-hydroxylation sites is 4. The molecule has 0 spiro atoms. The molecule has 0 fully saturated rings. The zero-order chi connectivity index (χ0) is 54.5. The third kappa shape index (κ3) is 6.91. The van der Waals surface area contributed by atoms with Gasteiger partial charge in [-0.05, 0) is 72.8 Å². The van der Waals surface area contributed by atoms with Gasteiger partial charge in [0.15, 0.2) is 0 Å². The minimum Gasteiger partial charge on any atom is -0.306 e. The predicted molar refractivity (Wildman–Crippen MR) is 273 cm³/mol. The van der Waals surface area contributed by atoms with Crippen LogP contribution in [-0.4, -0.2) is 18.3 Å². The number of fused-ring (bicyclic) bond motifs is 12. The number of hydrogen-bond acceptors (Lipinski definition) is 2. The summed E-state index contributed by atoms with van der Waals surface area (Å²) in [5, 5.41) is 26.3. The molecule has 382 valence electrons. The summed E-state index contributed by atoms with van der Waals surface area (Å²) < 4.78 is 186. The molecule has 18 heteroatoms. The first-order valence-corrected chi connectivity index (χ1v) is 23.7. The Morgan fingerprint density at radius 2 is 0.474 bits per heavy atom. The van der Waals surface area contributed by atoms with Crippen LogP contribution in [0.1, 0.15) is 33.4 Å². The Balaban J connectivity index is 1.40. The summed E-state index contributed by atoms with van der Waals surface area (Å²) in [5.74, 6) is 0. The van der Waals surface area contributed by atoms with E-state index in [1.54, 1.807) is 97.1 Å². The lowest BCUT2D eigenvalue weighted by atomic mass is 9.98. The number of hydrogen-bond donors (Lipinski definition) is 0. The van der Waals surface area contributed by atoms with Crippen molar-refractivity contribution in [1.82, 2.24) is 18.3 Å². The summed E-state index contributed by atoms with van der Waals surface area (Å²) in [6, 6.07) is 41.4. The van der Waals surface area contributed by atoms with E-state index in [9.17, 15) is 36.9 Å². The largest absolute Gasteiger partial charge is 0.416 e. The van der Waals surface area contributed by atoms with Gasteiger partial charge in [0, 0.05) is 43.1 Å². The molecule has 0 bridgehead atoms. The van der Waals surface area contributed by atoms with Gasteiger partial charge >= 0.3 is 24.7 Å². The Bertz CT molecular complexity index is 4430. The first-order valence-electron chi connectivity index (χ1n) is 23.7. The van der Waals surface area contributed by atoms with E-state index in [-0.39, 0.29) is 49.6 Å². The molecule has 0 saturated heterocycles. The molecule has 0 aliphatic rings. The molecular weight excluding hydrogens is 1030 g/mol. The predicted octanol–water partition coefficient (Wildman–Crippen LogP) is 17.9. The van der Waals surface area contributed by atoms with Gasteiger partial charge in [0.1, 0.15) is 23.3 Å². The van der Waals surface area contributed by atoms with E-state index in [2.05, 4.69) is 12.1 Å². The number of nitrogens with zero attached hydrogens (tertiary/aromatic N) is 6. The van der Waals surface area contributed by atoms with Gasteiger partial charge in [0.25, 0.3) is 0 Å². The Labute approximate surface area is 430 Å². The van der Waals surface area contributed by atoms with Crippen LogP contribution in [0.5, 0.6) is 0 Å². The fourth-order valence-corrected chi connectivity index (χ4v) is 11.3. The second-order valence-electron chi connectivity index (χ2n) is 18.7. The number of aromatic nitrogens is 4. The van der Waals surface area contributed by atoms with Crippen molar-refractivity contribution in [2.24, 2.45) is 0 Å². The normalized spacial score (nSPS) is 12.8. The molecule has 4 aromatic heterocycles. The fourth-order valence-electron chi connectivity index (χ4n) is 11.3. The smallest absolute Gasteiger partial charge is 0.306 e. The van der Waals surface area contributed by atoms with Gasteiger partial charge in [-0.1, -0.05) is 97.1 Å². The van der Waals surface area contributed by atoms with Crippen LogP contribution in [0.4, 0.5) is 52.7 Å². The van der Waals surface area contributed by atoms with Crippen molar-refractivity contribution < 1.29 is 52.7 Å².